The van der Waals surface area contributed by atoms with Crippen LogP contribution in [0.25, 0.3) is 0 Å². The molecular formula is C27H24ClN5O6. The Morgan fingerprint density at radius 1 is 1.15 bits per heavy atom. The summed E-state index contributed by atoms with van der Waals surface area (Å²) >= 11 is 6.23. The third-order valence-electron chi connectivity index (χ3n) is 6.67. The van der Waals surface area contributed by atoms with E-state index >= 15 is 0 Å². The number of carbonyl (C=O) groups is 4. The number of nitrogens with one attached hydrogen (secondary N) is 3. The van der Waals surface area contributed by atoms with Crippen molar-refractivity contribution in [2.24, 2.45) is 0 Å². The number of amides is 4. The third kappa shape index (κ3) is 5.63. The number of anilines is 2. The van der Waals surface area contributed by atoms with Crippen molar-refractivity contribution in [2.75, 3.05) is 23.7 Å². The first-order valence-electron chi connectivity index (χ1n) is 12.1. The highest BCUT2D eigenvalue weighted by atomic mass is 35.5. The van der Waals surface area contributed by atoms with Gasteiger partial charge in [0.1, 0.15) is 11.7 Å². The van der Waals surface area contributed by atoms with E-state index in [4.69, 9.17) is 21.4 Å². The van der Waals surface area contributed by atoms with E-state index < -0.39 is 29.7 Å². The van der Waals surface area contributed by atoms with Crippen molar-refractivity contribution in [2.45, 2.75) is 24.5 Å². The predicted molar refractivity (Wildman–Crippen MR) is 142 cm³/mol. The van der Waals surface area contributed by atoms with Gasteiger partial charge in [-0.25, -0.2) is 14.6 Å². The second kappa shape index (κ2) is 10.6. The molecule has 39 heavy (non-hydrogen) atoms. The van der Waals surface area contributed by atoms with Crippen LogP contribution in [0, 0.1) is 0 Å². The lowest BCUT2D eigenvalue weighted by Crippen LogP contribution is -2.50. The Morgan fingerprint density at radius 2 is 1.95 bits per heavy atom. The van der Waals surface area contributed by atoms with Gasteiger partial charge in [-0.05, 0) is 35.9 Å². The van der Waals surface area contributed by atoms with E-state index in [0.29, 0.717) is 29.2 Å². The van der Waals surface area contributed by atoms with Crippen LogP contribution in [0.1, 0.15) is 28.0 Å². The molecule has 1 saturated heterocycles. The number of hydrogen-bond acceptors (Lipinski definition) is 6. The van der Waals surface area contributed by atoms with Crippen LogP contribution in [0.5, 0.6) is 0 Å². The largest absolute Gasteiger partial charge is 0.465 e. The minimum Gasteiger partial charge on any atom is -0.465 e. The molecule has 0 radical (unpaired) electrons. The molecule has 1 fully saturated rings. The monoisotopic (exact) mass is 549 g/mol. The number of nitrogens with zero attached hydrogens (tertiary/aromatic N) is 2. The molecule has 0 saturated carbocycles. The maximum atomic E-state index is 13.8. The molecule has 12 heteroatoms. The fourth-order valence-electron chi connectivity index (χ4n) is 4.87. The summed E-state index contributed by atoms with van der Waals surface area (Å²) in [5, 5.41) is 16.9. The molecule has 0 aliphatic carbocycles. The van der Waals surface area contributed by atoms with Gasteiger partial charge in [0.15, 0.2) is 5.60 Å². The quantitative estimate of drug-likeness (QED) is 0.364. The number of halogens is 1. The first kappa shape index (κ1) is 26.0. The molecule has 3 heterocycles. The summed E-state index contributed by atoms with van der Waals surface area (Å²) in [6, 6.07) is 16.2. The summed E-state index contributed by atoms with van der Waals surface area (Å²) in [6.45, 7) is 0.397. The molecule has 2 aliphatic rings. The fraction of sp³-hybridized carbons (Fsp3) is 0.222. The number of carbonyl (C=O) groups excluding carboxylic acids is 3. The number of rotatable bonds is 6. The number of aromatic nitrogens is 1. The molecule has 3 aromatic rings. The topological polar surface area (TPSA) is 150 Å². The average molecular weight is 550 g/mol. The summed E-state index contributed by atoms with van der Waals surface area (Å²) in [5.41, 5.74) is 1.26. The standard InChI is InChI=1S/C27H24ClN5O6/c28-17-6-8-20-19(13-17)27(39-26(38)32-20)10-11-33(15-27)24(35)22(12-16-4-2-1-3-5-16)31-23(34)21-9-7-18(14-29-21)30-25(36)37/h1-9,13-14,22,30H,10-12,15H2,(H,31,34)(H,32,38)(H,36,37). The molecule has 2 atom stereocenters. The Hall–Kier alpha value is -4.64. The van der Waals surface area contributed by atoms with Crippen LogP contribution in [-0.4, -0.2) is 58.1 Å². The Morgan fingerprint density at radius 3 is 2.67 bits per heavy atom. The Bertz CT molecular complexity index is 1430. The maximum absolute atomic E-state index is 13.8. The summed E-state index contributed by atoms with van der Waals surface area (Å²) in [7, 11) is 0. The summed E-state index contributed by atoms with van der Waals surface area (Å²) in [6.07, 6.45) is -0.0621. The molecule has 2 aliphatic heterocycles. The Kier molecular flexibility index (Phi) is 7.07. The first-order chi connectivity index (χ1) is 18.7. The molecule has 1 aromatic heterocycles. The molecule has 5 rings (SSSR count). The van der Waals surface area contributed by atoms with Crippen molar-refractivity contribution in [1.29, 1.82) is 0 Å². The Balaban J connectivity index is 1.37. The molecule has 1 spiro atoms. The number of carboxylic acid groups (broad SMARTS) is 1. The van der Waals surface area contributed by atoms with E-state index in [-0.39, 0.29) is 30.3 Å². The van der Waals surface area contributed by atoms with Gasteiger partial charge in [-0.2, -0.15) is 0 Å². The van der Waals surface area contributed by atoms with E-state index in [1.807, 2.05) is 30.3 Å². The van der Waals surface area contributed by atoms with Gasteiger partial charge in [-0.15, -0.1) is 0 Å². The van der Waals surface area contributed by atoms with E-state index in [2.05, 4.69) is 20.9 Å². The summed E-state index contributed by atoms with van der Waals surface area (Å²) in [5.74, 6) is -0.933. The smallest absolute Gasteiger partial charge is 0.412 e. The lowest BCUT2D eigenvalue weighted by Gasteiger charge is -2.35. The van der Waals surface area contributed by atoms with Crippen LogP contribution < -0.4 is 16.0 Å². The van der Waals surface area contributed by atoms with Crippen LogP contribution in [0.3, 0.4) is 0 Å². The summed E-state index contributed by atoms with van der Waals surface area (Å²) < 4.78 is 5.74. The Labute approximate surface area is 228 Å². The zero-order chi connectivity index (χ0) is 27.6. The highest BCUT2D eigenvalue weighted by Crippen LogP contribution is 2.43. The molecule has 2 unspecified atom stereocenters. The van der Waals surface area contributed by atoms with Crippen LogP contribution in [-0.2, 0) is 21.6 Å². The van der Waals surface area contributed by atoms with Gasteiger partial charge in [-0.1, -0.05) is 41.9 Å². The van der Waals surface area contributed by atoms with Gasteiger partial charge in [0.25, 0.3) is 5.91 Å². The highest BCUT2D eigenvalue weighted by Gasteiger charge is 2.49. The average Bonchev–Trinajstić information content (AvgIpc) is 3.33. The third-order valence-corrected chi connectivity index (χ3v) is 6.91. The van der Waals surface area contributed by atoms with E-state index in [9.17, 15) is 19.2 Å². The van der Waals surface area contributed by atoms with Crippen LogP contribution in [0.4, 0.5) is 21.0 Å². The lowest BCUT2D eigenvalue weighted by atomic mass is 9.90. The van der Waals surface area contributed by atoms with Gasteiger partial charge in [0.2, 0.25) is 5.91 Å². The van der Waals surface area contributed by atoms with Crippen molar-refractivity contribution < 1.29 is 29.0 Å². The molecule has 200 valence electrons. The van der Waals surface area contributed by atoms with Gasteiger partial charge >= 0.3 is 12.2 Å². The van der Waals surface area contributed by atoms with Gasteiger partial charge in [0.05, 0.1) is 24.1 Å². The number of benzene rings is 2. The molecule has 0 bridgehead atoms. The minimum absolute atomic E-state index is 0.0190. The minimum atomic E-state index is -1.25. The van der Waals surface area contributed by atoms with Crippen molar-refractivity contribution in [1.82, 2.24) is 15.2 Å². The number of pyridine rings is 1. The van der Waals surface area contributed by atoms with Gasteiger partial charge < -0.3 is 20.1 Å². The number of likely N-dealkylation sites (tertiary alicyclic amines) is 1. The van der Waals surface area contributed by atoms with Crippen LogP contribution in [0.15, 0.2) is 66.9 Å². The van der Waals surface area contributed by atoms with Crippen molar-refractivity contribution >= 4 is 47.0 Å². The summed E-state index contributed by atoms with van der Waals surface area (Å²) in [4.78, 5) is 55.6. The zero-order valence-corrected chi connectivity index (χ0v) is 21.3. The van der Waals surface area contributed by atoms with Gasteiger partial charge in [-0.3, -0.25) is 20.2 Å². The molecular weight excluding hydrogens is 526 g/mol. The maximum Gasteiger partial charge on any atom is 0.412 e. The molecule has 4 amide bonds. The zero-order valence-electron chi connectivity index (χ0n) is 20.5. The van der Waals surface area contributed by atoms with E-state index in [1.54, 1.807) is 23.1 Å². The van der Waals surface area contributed by atoms with Crippen LogP contribution >= 0.6 is 11.6 Å². The predicted octanol–water partition coefficient (Wildman–Crippen LogP) is 3.86. The number of fused-ring (bicyclic) bond motifs is 2. The van der Waals surface area contributed by atoms with Crippen molar-refractivity contribution in [3.05, 3.63) is 88.7 Å². The first-order valence-corrected chi connectivity index (χ1v) is 12.5. The lowest BCUT2D eigenvalue weighted by molar-refractivity contribution is -0.133. The highest BCUT2D eigenvalue weighted by molar-refractivity contribution is 6.30. The van der Waals surface area contributed by atoms with Gasteiger partial charge in [0, 0.05) is 30.0 Å². The second-order valence-electron chi connectivity index (χ2n) is 9.29. The normalized spacial score (nSPS) is 18.5. The number of ether oxygens (including phenoxy) is 1. The SMILES string of the molecule is O=C(O)Nc1ccc(C(=O)NC(Cc2ccccc2)C(=O)N2CCC3(C2)OC(=O)Nc2ccc(Cl)cc23)nc1. The van der Waals surface area contributed by atoms with Crippen molar-refractivity contribution in [3.8, 4) is 0 Å². The molecule has 4 N–H and O–H groups in total. The van der Waals surface area contributed by atoms with Crippen molar-refractivity contribution in [3.63, 3.8) is 0 Å². The van der Waals surface area contributed by atoms with Crippen LogP contribution in [0.2, 0.25) is 5.02 Å². The van der Waals surface area contributed by atoms with E-state index in [0.717, 1.165) is 5.56 Å². The molecule has 2 aromatic carbocycles. The number of hydrogen-bond donors (Lipinski definition) is 4. The van der Waals surface area contributed by atoms with E-state index in [1.165, 1.54) is 18.3 Å². The fourth-order valence-corrected chi connectivity index (χ4v) is 5.04. The molecule has 11 nitrogen and oxygen atoms in total. The second-order valence-corrected chi connectivity index (χ2v) is 9.72.